The molecular weight excluding hydrogens is 254 g/mol. The van der Waals surface area contributed by atoms with E-state index in [1.165, 1.54) is 12.6 Å². The van der Waals surface area contributed by atoms with Gasteiger partial charge in [-0.25, -0.2) is 8.42 Å². The molecule has 96 valence electrons. The number of sulfone groups is 1. The van der Waals surface area contributed by atoms with Crippen molar-refractivity contribution in [3.8, 4) is 0 Å². The average Bonchev–Trinajstić information content (AvgIpc) is 2.82. The van der Waals surface area contributed by atoms with Crippen LogP contribution in [0.2, 0.25) is 0 Å². The normalized spacial score (nSPS) is 11.4. The molecule has 2 aromatic rings. The third kappa shape index (κ3) is 3.30. The highest BCUT2D eigenvalue weighted by molar-refractivity contribution is 7.90. The second kappa shape index (κ2) is 5.18. The molecule has 1 aromatic heterocycles. The number of rotatable bonds is 5. The lowest BCUT2D eigenvalue weighted by Crippen LogP contribution is -2.06. The Morgan fingerprint density at radius 2 is 2.00 bits per heavy atom. The fraction of sp³-hybridized carbons (Fsp3) is 0.273. The lowest BCUT2D eigenvalue weighted by atomic mass is 10.3. The largest absolute Gasteiger partial charge is 0.385 e. The number of nitrogens with one attached hydrogen (secondary N) is 1. The van der Waals surface area contributed by atoms with E-state index in [-0.39, 0.29) is 0 Å². The van der Waals surface area contributed by atoms with Crippen molar-refractivity contribution in [1.29, 1.82) is 0 Å². The molecule has 0 amide bonds. The maximum Gasteiger partial charge on any atom is 0.213 e. The summed E-state index contributed by atoms with van der Waals surface area (Å²) in [6.45, 7) is 0.651. The van der Waals surface area contributed by atoms with Crippen molar-refractivity contribution in [2.24, 2.45) is 0 Å². The van der Waals surface area contributed by atoms with E-state index in [1.54, 1.807) is 24.3 Å². The molecule has 0 aliphatic carbocycles. The molecule has 0 unspecified atom stereocenters. The predicted octanol–water partition coefficient (Wildman–Crippen LogP) is 1.13. The lowest BCUT2D eigenvalue weighted by Gasteiger charge is -2.05. The summed E-state index contributed by atoms with van der Waals surface area (Å²) < 4.78 is 27.1. The lowest BCUT2D eigenvalue weighted by molar-refractivity contribution is 0.410. The Hall–Kier alpha value is -1.89. The highest BCUT2D eigenvalue weighted by Crippen LogP contribution is 2.13. The van der Waals surface area contributed by atoms with E-state index < -0.39 is 9.84 Å². The van der Waals surface area contributed by atoms with Gasteiger partial charge in [0, 0.05) is 24.9 Å². The Morgan fingerprint density at radius 1 is 1.28 bits per heavy atom. The van der Waals surface area contributed by atoms with Crippen LogP contribution in [0.25, 0.3) is 0 Å². The van der Waals surface area contributed by atoms with Gasteiger partial charge in [-0.15, -0.1) is 0 Å². The Labute approximate surface area is 105 Å². The molecule has 0 radical (unpaired) electrons. The second-order valence-electron chi connectivity index (χ2n) is 3.82. The first-order chi connectivity index (χ1) is 8.55. The van der Waals surface area contributed by atoms with Gasteiger partial charge in [-0.3, -0.25) is 0 Å². The molecular formula is C11H13N3O3S. The molecule has 0 aliphatic heterocycles. The number of aromatic nitrogens is 2. The van der Waals surface area contributed by atoms with Gasteiger partial charge in [-0.2, -0.15) is 4.98 Å². The summed E-state index contributed by atoms with van der Waals surface area (Å²) >= 11 is 0. The molecule has 0 saturated heterocycles. The molecule has 0 bridgehead atoms. The van der Waals surface area contributed by atoms with Crippen molar-refractivity contribution in [2.75, 3.05) is 18.1 Å². The number of anilines is 1. The molecule has 2 rings (SSSR count). The fourth-order valence-electron chi connectivity index (χ4n) is 1.44. The van der Waals surface area contributed by atoms with Crippen LogP contribution >= 0.6 is 0 Å². The Bertz CT molecular complexity index is 591. The van der Waals surface area contributed by atoms with E-state index >= 15 is 0 Å². The highest BCUT2D eigenvalue weighted by Gasteiger charge is 2.05. The van der Waals surface area contributed by atoms with Crippen molar-refractivity contribution in [2.45, 2.75) is 11.3 Å². The summed E-state index contributed by atoms with van der Waals surface area (Å²) in [7, 11) is -3.14. The predicted molar refractivity (Wildman–Crippen MR) is 66.0 cm³/mol. The second-order valence-corrected chi connectivity index (χ2v) is 5.84. The standard InChI is InChI=1S/C11H13N3O3S/c1-18(15,16)10-4-2-9(3-5-10)12-7-6-11-13-8-17-14-11/h2-5,8,12H,6-7H2,1H3. The van der Waals surface area contributed by atoms with E-state index in [1.807, 2.05) is 0 Å². The Morgan fingerprint density at radius 3 is 2.56 bits per heavy atom. The quantitative estimate of drug-likeness (QED) is 0.874. The zero-order valence-electron chi connectivity index (χ0n) is 9.83. The van der Waals surface area contributed by atoms with Crippen molar-refractivity contribution in [3.63, 3.8) is 0 Å². The molecule has 1 N–H and O–H groups in total. The molecule has 0 saturated carbocycles. The van der Waals surface area contributed by atoms with Crippen molar-refractivity contribution in [3.05, 3.63) is 36.5 Å². The van der Waals surface area contributed by atoms with Crippen molar-refractivity contribution < 1.29 is 12.9 Å². The zero-order valence-corrected chi connectivity index (χ0v) is 10.6. The summed E-state index contributed by atoms with van der Waals surface area (Å²) in [5.74, 6) is 0.634. The van der Waals surface area contributed by atoms with Crippen molar-refractivity contribution in [1.82, 2.24) is 10.1 Å². The Balaban J connectivity index is 1.91. The molecule has 0 aliphatic rings. The molecule has 1 heterocycles. The first-order valence-corrected chi connectivity index (χ1v) is 7.24. The van der Waals surface area contributed by atoms with Gasteiger partial charge >= 0.3 is 0 Å². The average molecular weight is 267 g/mol. The van der Waals surface area contributed by atoms with Gasteiger partial charge in [0.2, 0.25) is 6.39 Å². The van der Waals surface area contributed by atoms with Crippen LogP contribution in [0.5, 0.6) is 0 Å². The minimum Gasteiger partial charge on any atom is -0.385 e. The van der Waals surface area contributed by atoms with E-state index in [4.69, 9.17) is 0 Å². The number of hydrogen-bond acceptors (Lipinski definition) is 6. The summed E-state index contributed by atoms with van der Waals surface area (Å²) in [5.41, 5.74) is 0.853. The molecule has 6 nitrogen and oxygen atoms in total. The maximum atomic E-state index is 11.3. The van der Waals surface area contributed by atoms with Crippen LogP contribution in [0.15, 0.2) is 40.1 Å². The van der Waals surface area contributed by atoms with Gasteiger partial charge in [0.1, 0.15) is 0 Å². The van der Waals surface area contributed by atoms with Crippen molar-refractivity contribution >= 4 is 15.5 Å². The Kier molecular flexibility index (Phi) is 3.61. The summed E-state index contributed by atoms with van der Waals surface area (Å²) in [5, 5.41) is 6.83. The monoisotopic (exact) mass is 267 g/mol. The van der Waals surface area contributed by atoms with E-state index in [2.05, 4.69) is 20.0 Å². The summed E-state index contributed by atoms with van der Waals surface area (Å²) in [6.07, 6.45) is 3.12. The highest BCUT2D eigenvalue weighted by atomic mass is 32.2. The molecule has 1 aromatic carbocycles. The van der Waals surface area contributed by atoms with E-state index in [0.29, 0.717) is 23.7 Å². The van der Waals surface area contributed by atoms with Crippen LogP contribution < -0.4 is 5.32 Å². The van der Waals surface area contributed by atoms with E-state index in [9.17, 15) is 8.42 Å². The summed E-state index contributed by atoms with van der Waals surface area (Å²) in [4.78, 5) is 4.21. The molecule has 7 heteroatoms. The fourth-order valence-corrected chi connectivity index (χ4v) is 2.07. The smallest absolute Gasteiger partial charge is 0.213 e. The number of nitrogens with zero attached hydrogens (tertiary/aromatic N) is 2. The van der Waals surface area contributed by atoms with Gasteiger partial charge in [0.15, 0.2) is 15.7 Å². The van der Waals surface area contributed by atoms with Gasteiger partial charge in [-0.1, -0.05) is 5.16 Å². The molecule has 18 heavy (non-hydrogen) atoms. The van der Waals surface area contributed by atoms with Crippen LogP contribution in [0.4, 0.5) is 5.69 Å². The first-order valence-electron chi connectivity index (χ1n) is 5.35. The van der Waals surface area contributed by atoms with Crippen LogP contribution in [0, 0.1) is 0 Å². The molecule has 0 spiro atoms. The van der Waals surface area contributed by atoms with Gasteiger partial charge in [0.25, 0.3) is 0 Å². The van der Waals surface area contributed by atoms with Gasteiger partial charge in [-0.05, 0) is 24.3 Å². The minimum atomic E-state index is -3.14. The topological polar surface area (TPSA) is 85.1 Å². The van der Waals surface area contributed by atoms with Crippen LogP contribution in [-0.4, -0.2) is 31.4 Å². The van der Waals surface area contributed by atoms with Gasteiger partial charge in [0.05, 0.1) is 4.90 Å². The first kappa shape index (κ1) is 12.6. The number of benzene rings is 1. The zero-order chi connectivity index (χ0) is 13.0. The van der Waals surface area contributed by atoms with Crippen LogP contribution in [0.3, 0.4) is 0 Å². The minimum absolute atomic E-state index is 0.311. The van der Waals surface area contributed by atoms with E-state index in [0.717, 1.165) is 5.69 Å². The molecule has 0 fully saturated rings. The van der Waals surface area contributed by atoms with Gasteiger partial charge < -0.3 is 9.84 Å². The maximum absolute atomic E-state index is 11.3. The third-order valence-corrected chi connectivity index (χ3v) is 3.50. The third-order valence-electron chi connectivity index (χ3n) is 2.37. The number of hydrogen-bond donors (Lipinski definition) is 1. The van der Waals surface area contributed by atoms with Crippen LogP contribution in [-0.2, 0) is 16.3 Å². The van der Waals surface area contributed by atoms with Crippen LogP contribution in [0.1, 0.15) is 5.82 Å². The summed E-state index contributed by atoms with van der Waals surface area (Å²) in [6, 6.07) is 6.61. The molecule has 0 atom stereocenters. The SMILES string of the molecule is CS(=O)(=O)c1ccc(NCCc2ncon2)cc1.